The molecule has 0 aromatic heterocycles. The van der Waals surface area contributed by atoms with Gasteiger partial charge in [-0.05, 0) is 94.3 Å². The first-order valence-corrected chi connectivity index (χ1v) is 19.8. The topological polar surface area (TPSA) is 209 Å². The summed E-state index contributed by atoms with van der Waals surface area (Å²) >= 11 is 0. The van der Waals surface area contributed by atoms with E-state index in [4.69, 9.17) is 28.4 Å². The van der Waals surface area contributed by atoms with Crippen LogP contribution < -0.4 is 5.32 Å². The maximum Gasteiger partial charge on any atom is 0.311 e. The van der Waals surface area contributed by atoms with Gasteiger partial charge in [0.2, 0.25) is 0 Å². The number of aliphatic hydroxyl groups is 6. The van der Waals surface area contributed by atoms with E-state index in [9.17, 15) is 35.4 Å². The van der Waals surface area contributed by atoms with E-state index in [0.717, 1.165) is 0 Å². The second-order valence-electron chi connectivity index (χ2n) is 17.5. The Morgan fingerprint density at radius 2 is 1.59 bits per heavy atom. The standard InChI is InChI=1S/C39H74N2O13/c1-14-28-38(10,47)32(44)25(6)40-20-21(2)18-36(8,46)33(54-35-30(43)27(41(11)12)17-22(3)50-35)23(4)31(24(5)34(45)52-28)53-29-19-37(9,49-13)39(48,15-16-42)26(7)51-29/h21-33,35,40,42-44,46-48H,14-20H2,1-13H3/t21-,22-,23+,24-,25-,26+,27+,28-,29+,30-,31+,32-,33-,35+,36-,37-,38-,39-/m1/s1. The third kappa shape index (κ3) is 10.1. The molecule has 0 aromatic carbocycles. The number of aliphatic hydroxyl groups excluding tert-OH is 3. The van der Waals surface area contributed by atoms with Crippen molar-refractivity contribution < 1.29 is 63.9 Å². The summed E-state index contributed by atoms with van der Waals surface area (Å²) in [6.45, 7) is 17.3. The molecule has 3 heterocycles. The maximum atomic E-state index is 14.2. The summed E-state index contributed by atoms with van der Waals surface area (Å²) in [6.07, 6.45) is -8.00. The van der Waals surface area contributed by atoms with Gasteiger partial charge in [-0.25, -0.2) is 0 Å². The van der Waals surface area contributed by atoms with Gasteiger partial charge in [-0.3, -0.25) is 4.79 Å². The molecule has 0 aliphatic carbocycles. The molecule has 3 saturated heterocycles. The van der Waals surface area contributed by atoms with E-state index in [0.29, 0.717) is 13.0 Å². The predicted octanol–water partition coefficient (Wildman–Crippen LogP) is 1.31. The van der Waals surface area contributed by atoms with Crippen molar-refractivity contribution >= 4 is 5.97 Å². The Labute approximate surface area is 323 Å². The lowest BCUT2D eigenvalue weighted by Gasteiger charge is -2.53. The molecular formula is C39H74N2O13. The molecule has 0 bridgehead atoms. The van der Waals surface area contributed by atoms with Crippen molar-refractivity contribution in [3.05, 3.63) is 0 Å². The van der Waals surface area contributed by atoms with Gasteiger partial charge in [-0.1, -0.05) is 20.8 Å². The molecule has 3 aliphatic heterocycles. The third-order valence-corrected chi connectivity index (χ3v) is 12.7. The molecule has 0 unspecified atom stereocenters. The first-order chi connectivity index (χ1) is 24.9. The van der Waals surface area contributed by atoms with Gasteiger partial charge in [0.15, 0.2) is 12.6 Å². The first-order valence-electron chi connectivity index (χ1n) is 19.8. The quantitative estimate of drug-likeness (QED) is 0.165. The molecule has 0 aromatic rings. The summed E-state index contributed by atoms with van der Waals surface area (Å²) < 4.78 is 37.8. The van der Waals surface area contributed by atoms with Crippen LogP contribution in [0.1, 0.15) is 101 Å². The number of methoxy groups -OCH3 is 1. The van der Waals surface area contributed by atoms with Gasteiger partial charge in [0.05, 0.1) is 35.9 Å². The lowest BCUT2D eigenvalue weighted by Crippen LogP contribution is -2.67. The fourth-order valence-corrected chi connectivity index (χ4v) is 9.06. The fourth-order valence-electron chi connectivity index (χ4n) is 9.06. The molecule has 3 aliphatic rings. The minimum atomic E-state index is -1.83. The summed E-state index contributed by atoms with van der Waals surface area (Å²) in [6, 6.07) is -0.899. The van der Waals surface area contributed by atoms with Crippen molar-refractivity contribution in [3.63, 3.8) is 0 Å². The number of carbonyl (C=O) groups is 1. The van der Waals surface area contributed by atoms with Gasteiger partial charge in [0.1, 0.15) is 35.1 Å². The van der Waals surface area contributed by atoms with Crippen molar-refractivity contribution in [1.29, 1.82) is 0 Å². The molecule has 15 nitrogen and oxygen atoms in total. The van der Waals surface area contributed by atoms with E-state index < -0.39 is 95.5 Å². The van der Waals surface area contributed by atoms with Crippen LogP contribution in [-0.4, -0.2) is 166 Å². The van der Waals surface area contributed by atoms with Crippen LogP contribution in [0.25, 0.3) is 0 Å². The highest BCUT2D eigenvalue weighted by Crippen LogP contribution is 2.44. The van der Waals surface area contributed by atoms with Crippen LogP contribution in [0, 0.1) is 17.8 Å². The van der Waals surface area contributed by atoms with Crippen LogP contribution in [-0.2, 0) is 33.2 Å². The monoisotopic (exact) mass is 779 g/mol. The minimum Gasteiger partial charge on any atom is -0.459 e. The van der Waals surface area contributed by atoms with E-state index >= 15 is 0 Å². The van der Waals surface area contributed by atoms with Crippen LogP contribution in [0.15, 0.2) is 0 Å². The first kappa shape index (κ1) is 47.3. The number of carbonyl (C=O) groups excluding carboxylic acids is 1. The number of cyclic esters (lactones) is 1. The predicted molar refractivity (Wildman–Crippen MR) is 200 cm³/mol. The second-order valence-corrected chi connectivity index (χ2v) is 17.5. The van der Waals surface area contributed by atoms with E-state index in [2.05, 4.69) is 5.32 Å². The van der Waals surface area contributed by atoms with Gasteiger partial charge in [-0.2, -0.15) is 0 Å². The highest BCUT2D eigenvalue weighted by Gasteiger charge is 2.58. The normalized spacial score (nSPS) is 49.2. The second kappa shape index (κ2) is 18.7. The Hall–Kier alpha value is -1.05. The molecule has 0 radical (unpaired) electrons. The van der Waals surface area contributed by atoms with Crippen LogP contribution in [0.2, 0.25) is 0 Å². The number of nitrogens with one attached hydrogen (secondary N) is 1. The summed E-state index contributed by atoms with van der Waals surface area (Å²) in [5.41, 5.74) is -6.22. The molecule has 318 valence electrons. The zero-order valence-corrected chi connectivity index (χ0v) is 35.0. The third-order valence-electron chi connectivity index (χ3n) is 12.7. The van der Waals surface area contributed by atoms with E-state index in [1.807, 2.05) is 32.8 Å². The zero-order valence-electron chi connectivity index (χ0n) is 35.0. The molecule has 18 atom stereocenters. The van der Waals surface area contributed by atoms with Crippen molar-refractivity contribution in [2.75, 3.05) is 34.4 Å². The van der Waals surface area contributed by atoms with E-state index in [-0.39, 0.29) is 50.4 Å². The molecular weight excluding hydrogens is 704 g/mol. The Morgan fingerprint density at radius 1 is 0.963 bits per heavy atom. The molecule has 3 fully saturated rings. The van der Waals surface area contributed by atoms with Crippen LogP contribution in [0.5, 0.6) is 0 Å². The largest absolute Gasteiger partial charge is 0.459 e. The van der Waals surface area contributed by atoms with E-state index in [1.54, 1.807) is 48.5 Å². The molecule has 0 spiro atoms. The van der Waals surface area contributed by atoms with Gasteiger partial charge in [-0.15, -0.1) is 0 Å². The smallest absolute Gasteiger partial charge is 0.311 e. The Kier molecular flexibility index (Phi) is 16.4. The zero-order chi connectivity index (χ0) is 41.1. The van der Waals surface area contributed by atoms with Gasteiger partial charge in [0, 0.05) is 44.6 Å². The highest BCUT2D eigenvalue weighted by atomic mass is 16.7. The van der Waals surface area contributed by atoms with Crippen molar-refractivity contribution in [2.45, 2.75) is 191 Å². The molecule has 3 rings (SSSR count). The highest BCUT2D eigenvalue weighted by molar-refractivity contribution is 5.73. The fraction of sp³-hybridized carbons (Fsp3) is 0.974. The SMILES string of the molecule is CC[C@H]1OC(=O)[C@H](C)[C@@H](O[C@H]2C[C@@](C)(OC)[C@@](O)(CCO)[C@H](C)O2)[C@H](C)[C@@H](O[C@@H]2O[C@H](C)C[C@H](N(C)C)[C@H]2O)[C@](C)(O)C[C@@H](C)CN[C@H](C)[C@@H](O)[C@]1(C)O. The Bertz CT molecular complexity index is 1190. The Balaban J connectivity index is 2.17. The maximum absolute atomic E-state index is 14.2. The number of likely N-dealkylation sites (N-methyl/N-ethyl adjacent to an activating group) is 1. The minimum absolute atomic E-state index is 0.0154. The van der Waals surface area contributed by atoms with Crippen molar-refractivity contribution in [3.8, 4) is 0 Å². The summed E-state index contributed by atoms with van der Waals surface area (Å²) in [7, 11) is 5.21. The lowest BCUT2D eigenvalue weighted by atomic mass is 9.73. The Morgan fingerprint density at radius 3 is 2.15 bits per heavy atom. The molecule has 15 heteroatoms. The van der Waals surface area contributed by atoms with Crippen LogP contribution in [0.4, 0.5) is 0 Å². The number of ether oxygens (including phenoxy) is 6. The number of hydrogen-bond donors (Lipinski definition) is 7. The summed E-state index contributed by atoms with van der Waals surface area (Å²) in [4.78, 5) is 16.2. The molecule has 7 N–H and O–H groups in total. The number of hydrogen-bond acceptors (Lipinski definition) is 15. The summed E-state index contributed by atoms with van der Waals surface area (Å²) in [5.74, 6) is -2.76. The van der Waals surface area contributed by atoms with Crippen molar-refractivity contribution in [1.82, 2.24) is 10.2 Å². The van der Waals surface area contributed by atoms with Gasteiger partial charge < -0.3 is 69.3 Å². The number of esters is 1. The number of rotatable bonds is 9. The van der Waals surface area contributed by atoms with Crippen LogP contribution in [0.3, 0.4) is 0 Å². The van der Waals surface area contributed by atoms with Crippen LogP contribution >= 0.6 is 0 Å². The number of nitrogens with zero attached hydrogens (tertiary/aromatic N) is 1. The molecule has 0 amide bonds. The average molecular weight is 779 g/mol. The molecule has 0 saturated carbocycles. The average Bonchev–Trinajstić information content (AvgIpc) is 3.09. The van der Waals surface area contributed by atoms with Gasteiger partial charge in [0.25, 0.3) is 0 Å². The van der Waals surface area contributed by atoms with Gasteiger partial charge >= 0.3 is 5.97 Å². The summed E-state index contributed by atoms with van der Waals surface area (Å²) in [5, 5.41) is 71.8. The van der Waals surface area contributed by atoms with Crippen molar-refractivity contribution in [2.24, 2.45) is 17.8 Å². The lowest BCUT2D eigenvalue weighted by molar-refractivity contribution is -0.339. The molecule has 54 heavy (non-hydrogen) atoms. The van der Waals surface area contributed by atoms with E-state index in [1.165, 1.54) is 14.0 Å².